The van der Waals surface area contributed by atoms with Crippen LogP contribution < -0.4 is 5.32 Å². The average molecular weight is 267 g/mol. The number of tetrazole rings is 1. The van der Waals surface area contributed by atoms with E-state index in [1.807, 2.05) is 4.68 Å². The summed E-state index contributed by atoms with van der Waals surface area (Å²) in [5.74, 6) is 1.10. The summed E-state index contributed by atoms with van der Waals surface area (Å²) in [7, 11) is 0. The molecular weight excluding hydrogens is 246 g/mol. The van der Waals surface area contributed by atoms with E-state index in [9.17, 15) is 0 Å². The van der Waals surface area contributed by atoms with Crippen LogP contribution in [0.15, 0.2) is 5.16 Å². The minimum atomic E-state index is 0.548. The predicted molar refractivity (Wildman–Crippen MR) is 71.7 cm³/mol. The Kier molecular flexibility index (Phi) is 4.15. The molecule has 0 amide bonds. The van der Waals surface area contributed by atoms with Crippen molar-refractivity contribution in [3.8, 4) is 0 Å². The fraction of sp³-hybridized carbons (Fsp3) is 0.917. The highest BCUT2D eigenvalue weighted by atomic mass is 32.2. The van der Waals surface area contributed by atoms with E-state index in [1.54, 1.807) is 11.8 Å². The van der Waals surface area contributed by atoms with Crippen molar-refractivity contribution >= 4 is 11.8 Å². The first kappa shape index (κ1) is 12.4. The van der Waals surface area contributed by atoms with Gasteiger partial charge in [-0.2, -0.15) is 0 Å². The smallest absolute Gasteiger partial charge is 0.209 e. The Balaban J connectivity index is 1.42. The van der Waals surface area contributed by atoms with E-state index < -0.39 is 0 Å². The molecule has 0 bridgehead atoms. The highest BCUT2D eigenvalue weighted by Gasteiger charge is 2.22. The Labute approximate surface area is 112 Å². The number of hydrogen-bond donors (Lipinski definition) is 1. The van der Waals surface area contributed by atoms with Crippen molar-refractivity contribution in [3.63, 3.8) is 0 Å². The summed E-state index contributed by atoms with van der Waals surface area (Å²) in [5.41, 5.74) is 0. The van der Waals surface area contributed by atoms with Crippen LogP contribution in [0.25, 0.3) is 0 Å². The Hall–Kier alpha value is -0.620. The summed E-state index contributed by atoms with van der Waals surface area (Å²) in [6.07, 6.45) is 9.04. The Morgan fingerprint density at radius 1 is 1.22 bits per heavy atom. The second-order valence-electron chi connectivity index (χ2n) is 5.27. The lowest BCUT2D eigenvalue weighted by Crippen LogP contribution is -2.18. The molecule has 1 heterocycles. The maximum atomic E-state index is 4.15. The third-order valence-corrected chi connectivity index (χ3v) is 4.72. The zero-order chi connectivity index (χ0) is 12.2. The van der Waals surface area contributed by atoms with Crippen molar-refractivity contribution in [3.05, 3.63) is 0 Å². The van der Waals surface area contributed by atoms with Gasteiger partial charge in [0.1, 0.15) is 0 Å². The maximum Gasteiger partial charge on any atom is 0.209 e. The van der Waals surface area contributed by atoms with Crippen LogP contribution in [0.4, 0.5) is 0 Å². The zero-order valence-electron chi connectivity index (χ0n) is 10.7. The highest BCUT2D eigenvalue weighted by Crippen LogP contribution is 2.31. The van der Waals surface area contributed by atoms with Crippen molar-refractivity contribution in [1.29, 1.82) is 0 Å². The van der Waals surface area contributed by atoms with E-state index in [0.29, 0.717) is 6.04 Å². The van der Waals surface area contributed by atoms with Gasteiger partial charge in [0.05, 0.1) is 6.04 Å². The molecule has 0 aliphatic heterocycles. The topological polar surface area (TPSA) is 55.6 Å². The molecule has 0 radical (unpaired) electrons. The molecule has 0 spiro atoms. The summed E-state index contributed by atoms with van der Waals surface area (Å²) in [5, 5.41) is 16.7. The van der Waals surface area contributed by atoms with Crippen molar-refractivity contribution in [2.24, 2.45) is 0 Å². The van der Waals surface area contributed by atoms with E-state index in [-0.39, 0.29) is 0 Å². The number of nitrogens with one attached hydrogen (secondary N) is 1. The quantitative estimate of drug-likeness (QED) is 0.605. The van der Waals surface area contributed by atoms with Gasteiger partial charge in [0.2, 0.25) is 5.16 Å². The molecule has 100 valence electrons. The lowest BCUT2D eigenvalue weighted by atomic mass is 10.3. The number of hydrogen-bond acceptors (Lipinski definition) is 5. The van der Waals surface area contributed by atoms with Crippen LogP contribution in [0.2, 0.25) is 0 Å². The summed E-state index contributed by atoms with van der Waals surface area (Å²) < 4.78 is 2.05. The zero-order valence-corrected chi connectivity index (χ0v) is 11.5. The van der Waals surface area contributed by atoms with Gasteiger partial charge in [-0.05, 0) is 49.1 Å². The maximum absolute atomic E-state index is 4.15. The predicted octanol–water partition coefficient (Wildman–Crippen LogP) is 2.02. The second kappa shape index (κ2) is 6.02. The minimum absolute atomic E-state index is 0.548. The van der Waals surface area contributed by atoms with Crippen LogP contribution in [0.1, 0.15) is 51.0 Å². The van der Waals surface area contributed by atoms with Gasteiger partial charge in [-0.15, -0.1) is 5.10 Å². The van der Waals surface area contributed by atoms with Gasteiger partial charge in [-0.25, -0.2) is 4.68 Å². The monoisotopic (exact) mass is 267 g/mol. The van der Waals surface area contributed by atoms with Crippen LogP contribution in [-0.4, -0.2) is 38.5 Å². The van der Waals surface area contributed by atoms with Crippen molar-refractivity contribution in [2.75, 3.05) is 12.3 Å². The molecule has 0 aromatic carbocycles. The fourth-order valence-corrected chi connectivity index (χ4v) is 3.37. The second-order valence-corrected chi connectivity index (χ2v) is 6.34. The molecule has 2 aliphatic rings. The fourth-order valence-electron chi connectivity index (χ4n) is 2.49. The van der Waals surface area contributed by atoms with Crippen LogP contribution in [-0.2, 0) is 0 Å². The normalized spacial score (nSPS) is 20.7. The molecule has 2 fully saturated rings. The molecule has 3 rings (SSSR count). The summed E-state index contributed by atoms with van der Waals surface area (Å²) in [6.45, 7) is 1.13. The Bertz CT molecular complexity index is 370. The van der Waals surface area contributed by atoms with Crippen molar-refractivity contribution in [1.82, 2.24) is 25.5 Å². The van der Waals surface area contributed by atoms with Gasteiger partial charge < -0.3 is 5.32 Å². The largest absolute Gasteiger partial charge is 0.314 e. The number of nitrogens with zero attached hydrogens (tertiary/aromatic N) is 4. The molecule has 0 unspecified atom stereocenters. The van der Waals surface area contributed by atoms with E-state index in [4.69, 9.17) is 0 Å². The molecule has 0 saturated heterocycles. The van der Waals surface area contributed by atoms with E-state index in [0.717, 1.165) is 23.5 Å². The standard InChI is InChI=1S/C12H21N5S/c1-2-5-11(4-1)17-12(14-15-16-17)18-9-3-8-13-10-6-7-10/h10-11,13H,1-9H2. The van der Waals surface area contributed by atoms with E-state index in [2.05, 4.69) is 20.8 Å². The molecule has 1 N–H and O–H groups in total. The van der Waals surface area contributed by atoms with Gasteiger partial charge in [-0.3, -0.25) is 0 Å². The molecule has 18 heavy (non-hydrogen) atoms. The first-order valence-electron chi connectivity index (χ1n) is 7.07. The van der Waals surface area contributed by atoms with Gasteiger partial charge in [-0.1, -0.05) is 24.6 Å². The lowest BCUT2D eigenvalue weighted by molar-refractivity contribution is 0.423. The first-order chi connectivity index (χ1) is 8.93. The Morgan fingerprint density at radius 2 is 2.06 bits per heavy atom. The van der Waals surface area contributed by atoms with Crippen molar-refractivity contribution in [2.45, 2.75) is 62.2 Å². The minimum Gasteiger partial charge on any atom is -0.314 e. The number of rotatable bonds is 7. The van der Waals surface area contributed by atoms with Crippen molar-refractivity contribution < 1.29 is 0 Å². The third-order valence-electron chi connectivity index (χ3n) is 3.70. The third kappa shape index (κ3) is 3.23. The van der Waals surface area contributed by atoms with Gasteiger partial charge in [0.25, 0.3) is 0 Å². The molecule has 5 nitrogen and oxygen atoms in total. The van der Waals surface area contributed by atoms with Crippen LogP contribution >= 0.6 is 11.8 Å². The van der Waals surface area contributed by atoms with Gasteiger partial charge in [0.15, 0.2) is 0 Å². The molecule has 0 atom stereocenters. The SMILES string of the molecule is C(CNC1CC1)CSc1nnnn1C1CCCC1. The average Bonchev–Trinajstić information content (AvgIpc) is 2.89. The lowest BCUT2D eigenvalue weighted by Gasteiger charge is -2.10. The molecule has 2 saturated carbocycles. The van der Waals surface area contributed by atoms with Crippen LogP contribution in [0.5, 0.6) is 0 Å². The van der Waals surface area contributed by atoms with E-state index >= 15 is 0 Å². The molecule has 2 aliphatic carbocycles. The summed E-state index contributed by atoms with van der Waals surface area (Å²) >= 11 is 1.80. The van der Waals surface area contributed by atoms with E-state index in [1.165, 1.54) is 44.9 Å². The number of thioether (sulfide) groups is 1. The van der Waals surface area contributed by atoms with Gasteiger partial charge >= 0.3 is 0 Å². The molecule has 6 heteroatoms. The molecular formula is C12H21N5S. The molecule has 1 aromatic rings. The molecule has 1 aromatic heterocycles. The highest BCUT2D eigenvalue weighted by molar-refractivity contribution is 7.99. The summed E-state index contributed by atoms with van der Waals surface area (Å²) in [4.78, 5) is 0. The van der Waals surface area contributed by atoms with Crippen LogP contribution in [0.3, 0.4) is 0 Å². The van der Waals surface area contributed by atoms with Crippen LogP contribution in [0, 0.1) is 0 Å². The summed E-state index contributed by atoms with van der Waals surface area (Å²) in [6, 6.07) is 1.37. The number of aromatic nitrogens is 4. The first-order valence-corrected chi connectivity index (χ1v) is 8.06. The Morgan fingerprint density at radius 3 is 2.83 bits per heavy atom. The van der Waals surface area contributed by atoms with Gasteiger partial charge in [0, 0.05) is 11.8 Å².